The number of benzene rings is 2. The first-order chi connectivity index (χ1) is 9.52. The highest BCUT2D eigenvalue weighted by atomic mass is 79.9. The topological polar surface area (TPSA) is 35.8 Å². The molecule has 2 nitrogen and oxygen atoms in total. The molecule has 0 radical (unpaired) electrons. The zero-order chi connectivity index (χ0) is 14.7. The van der Waals surface area contributed by atoms with E-state index in [0.29, 0.717) is 15.2 Å². The normalized spacial score (nSPS) is 11.8. The molecule has 0 aliphatic carbocycles. The molecule has 0 saturated carbocycles. The smallest absolute Gasteiger partial charge is 0.148 e. The summed E-state index contributed by atoms with van der Waals surface area (Å²) >= 11 is 14.9. The van der Waals surface area contributed by atoms with E-state index in [9.17, 15) is 9.65 Å². The van der Waals surface area contributed by atoms with Crippen LogP contribution in [0.4, 0.5) is 10.1 Å². The molecule has 6 heteroatoms. The van der Waals surface area contributed by atoms with Gasteiger partial charge in [0.1, 0.15) is 11.9 Å². The summed E-state index contributed by atoms with van der Waals surface area (Å²) in [6, 6.07) is 10.8. The molecule has 0 spiro atoms. The summed E-state index contributed by atoms with van der Waals surface area (Å²) in [6.07, 6.45) is 0. The fourth-order valence-corrected chi connectivity index (χ4v) is 2.35. The van der Waals surface area contributed by atoms with Gasteiger partial charge in [0, 0.05) is 15.7 Å². The lowest BCUT2D eigenvalue weighted by atomic mass is 10.1. The minimum atomic E-state index is -0.846. The third-order valence-electron chi connectivity index (χ3n) is 2.65. The molecule has 102 valence electrons. The van der Waals surface area contributed by atoms with Gasteiger partial charge < -0.3 is 5.32 Å². The largest absolute Gasteiger partial charge is 0.366 e. The predicted molar refractivity (Wildman–Crippen MR) is 82.5 cm³/mol. The van der Waals surface area contributed by atoms with Crippen molar-refractivity contribution >= 4 is 44.8 Å². The number of anilines is 1. The lowest BCUT2D eigenvalue weighted by molar-refractivity contribution is 0.608. The van der Waals surface area contributed by atoms with E-state index in [1.54, 1.807) is 24.3 Å². The number of rotatable bonds is 3. The predicted octanol–water partition coefficient (Wildman–Crippen LogP) is 5.57. The Hall–Kier alpha value is -1.28. The van der Waals surface area contributed by atoms with Gasteiger partial charge in [-0.05, 0) is 40.2 Å². The summed E-state index contributed by atoms with van der Waals surface area (Å²) in [5.74, 6) is -0.596. The lowest BCUT2D eigenvalue weighted by Crippen LogP contribution is -2.10. The van der Waals surface area contributed by atoms with E-state index in [4.69, 9.17) is 23.2 Å². The monoisotopic (exact) mass is 372 g/mol. The van der Waals surface area contributed by atoms with Crippen molar-refractivity contribution < 1.29 is 4.39 Å². The minimum absolute atomic E-state index is 0.0122. The Balaban J connectivity index is 2.32. The summed E-state index contributed by atoms with van der Waals surface area (Å²) in [7, 11) is 0. The van der Waals surface area contributed by atoms with Crippen molar-refractivity contribution in [2.24, 2.45) is 0 Å². The molecule has 0 bridgehead atoms. The van der Waals surface area contributed by atoms with E-state index in [2.05, 4.69) is 21.2 Å². The van der Waals surface area contributed by atoms with Crippen LogP contribution in [0.5, 0.6) is 0 Å². The fourth-order valence-electron chi connectivity index (χ4n) is 1.68. The van der Waals surface area contributed by atoms with Crippen LogP contribution in [0.3, 0.4) is 0 Å². The Bertz CT molecular complexity index is 685. The summed E-state index contributed by atoms with van der Waals surface area (Å²) in [5.41, 5.74) is 0.846. The average Bonchev–Trinajstić information content (AvgIpc) is 2.43. The molecule has 0 saturated heterocycles. The van der Waals surface area contributed by atoms with E-state index >= 15 is 0 Å². The van der Waals surface area contributed by atoms with Crippen molar-refractivity contribution in [1.82, 2.24) is 0 Å². The molecule has 0 heterocycles. The minimum Gasteiger partial charge on any atom is -0.366 e. The Morgan fingerprint density at radius 3 is 2.60 bits per heavy atom. The van der Waals surface area contributed by atoms with Crippen molar-refractivity contribution in [2.75, 3.05) is 5.32 Å². The van der Waals surface area contributed by atoms with Gasteiger partial charge in [0.25, 0.3) is 0 Å². The number of halogens is 4. The first kappa shape index (κ1) is 15.1. The van der Waals surface area contributed by atoms with Crippen molar-refractivity contribution in [3.8, 4) is 6.07 Å². The quantitative estimate of drug-likeness (QED) is 0.763. The Kier molecular flexibility index (Phi) is 4.87. The van der Waals surface area contributed by atoms with E-state index in [1.165, 1.54) is 12.1 Å². The van der Waals surface area contributed by atoms with Crippen molar-refractivity contribution in [1.29, 1.82) is 5.26 Å². The van der Waals surface area contributed by atoms with Gasteiger partial charge in [-0.25, -0.2) is 4.39 Å². The van der Waals surface area contributed by atoms with Crippen LogP contribution in [0.25, 0.3) is 0 Å². The van der Waals surface area contributed by atoms with E-state index in [0.717, 1.165) is 0 Å². The number of hydrogen-bond donors (Lipinski definition) is 1. The summed E-state index contributed by atoms with van der Waals surface area (Å²) in [6.45, 7) is 0. The van der Waals surface area contributed by atoms with Crippen LogP contribution >= 0.6 is 39.1 Å². The molecule has 1 atom stereocenters. The maximum absolute atomic E-state index is 13.9. The van der Waals surface area contributed by atoms with Crippen molar-refractivity contribution in [3.05, 3.63) is 62.3 Å². The maximum atomic E-state index is 13.9. The molecular weight excluding hydrogens is 366 g/mol. The Labute approximate surface area is 134 Å². The lowest BCUT2D eigenvalue weighted by Gasteiger charge is -2.15. The van der Waals surface area contributed by atoms with Gasteiger partial charge in [-0.15, -0.1) is 0 Å². The summed E-state index contributed by atoms with van der Waals surface area (Å²) in [5, 5.41) is 12.7. The first-order valence-electron chi connectivity index (χ1n) is 5.58. The average molecular weight is 374 g/mol. The highest BCUT2D eigenvalue weighted by Gasteiger charge is 2.17. The molecule has 1 unspecified atom stereocenters. The van der Waals surface area contributed by atoms with Gasteiger partial charge in [-0.1, -0.05) is 35.3 Å². The molecule has 20 heavy (non-hydrogen) atoms. The third-order valence-corrected chi connectivity index (χ3v) is 4.16. The fraction of sp³-hybridized carbons (Fsp3) is 0.0714. The second-order valence-electron chi connectivity index (χ2n) is 3.98. The van der Waals surface area contributed by atoms with Crippen LogP contribution in [0, 0.1) is 17.1 Å². The highest BCUT2D eigenvalue weighted by Crippen LogP contribution is 2.29. The summed E-state index contributed by atoms with van der Waals surface area (Å²) in [4.78, 5) is 0. The van der Waals surface area contributed by atoms with Gasteiger partial charge in [0.15, 0.2) is 0 Å². The van der Waals surface area contributed by atoms with E-state index < -0.39 is 11.9 Å². The summed E-state index contributed by atoms with van der Waals surface area (Å²) < 4.78 is 14.6. The SMILES string of the molecule is N#CC(Nc1ccc(Cl)c(Br)c1)c1cccc(Cl)c1F. The molecule has 2 aromatic rings. The second kappa shape index (κ2) is 6.45. The van der Waals surface area contributed by atoms with Gasteiger partial charge in [0.05, 0.1) is 16.1 Å². The van der Waals surface area contributed by atoms with Crippen LogP contribution in [0.1, 0.15) is 11.6 Å². The maximum Gasteiger partial charge on any atom is 0.148 e. The molecule has 0 amide bonds. The van der Waals surface area contributed by atoms with E-state index in [1.807, 2.05) is 6.07 Å². The van der Waals surface area contributed by atoms with Crippen LogP contribution < -0.4 is 5.32 Å². The number of nitrogens with zero attached hydrogens (tertiary/aromatic N) is 1. The van der Waals surface area contributed by atoms with Crippen LogP contribution in [0.15, 0.2) is 40.9 Å². The molecule has 2 aromatic carbocycles. The van der Waals surface area contributed by atoms with Gasteiger partial charge >= 0.3 is 0 Å². The van der Waals surface area contributed by atoms with Gasteiger partial charge in [-0.2, -0.15) is 5.26 Å². The van der Waals surface area contributed by atoms with Crippen LogP contribution in [0.2, 0.25) is 10.0 Å². The number of nitriles is 1. The van der Waals surface area contributed by atoms with E-state index in [-0.39, 0.29) is 10.6 Å². The molecule has 0 fully saturated rings. The standard InChI is InChI=1S/C14H8BrCl2FN2/c15-10-6-8(4-5-11(10)16)20-13(7-19)9-2-1-3-12(17)14(9)18/h1-6,13,20H. The van der Waals surface area contributed by atoms with Crippen molar-refractivity contribution in [2.45, 2.75) is 6.04 Å². The molecule has 0 aromatic heterocycles. The van der Waals surface area contributed by atoms with Gasteiger partial charge in [-0.3, -0.25) is 0 Å². The Morgan fingerprint density at radius 1 is 1.20 bits per heavy atom. The van der Waals surface area contributed by atoms with Crippen LogP contribution in [-0.2, 0) is 0 Å². The molecule has 2 rings (SSSR count). The molecule has 1 N–H and O–H groups in total. The first-order valence-corrected chi connectivity index (χ1v) is 7.13. The zero-order valence-corrected chi connectivity index (χ0v) is 13.1. The molecular formula is C14H8BrCl2FN2. The third kappa shape index (κ3) is 3.24. The highest BCUT2D eigenvalue weighted by molar-refractivity contribution is 9.10. The second-order valence-corrected chi connectivity index (χ2v) is 5.65. The molecule has 0 aliphatic rings. The van der Waals surface area contributed by atoms with Crippen LogP contribution in [-0.4, -0.2) is 0 Å². The Morgan fingerprint density at radius 2 is 1.95 bits per heavy atom. The van der Waals surface area contributed by atoms with Gasteiger partial charge in [0.2, 0.25) is 0 Å². The number of hydrogen-bond acceptors (Lipinski definition) is 2. The number of nitrogens with one attached hydrogen (secondary N) is 1. The zero-order valence-electron chi connectivity index (χ0n) is 10.0. The van der Waals surface area contributed by atoms with Crippen molar-refractivity contribution in [3.63, 3.8) is 0 Å². The molecule has 0 aliphatic heterocycles.